The van der Waals surface area contributed by atoms with Crippen LogP contribution in [0, 0.1) is 0 Å². The van der Waals surface area contributed by atoms with Crippen LogP contribution < -0.4 is 16.0 Å². The Labute approximate surface area is 244 Å². The smallest absolute Gasteiger partial charge is 0.336 e. The molecule has 0 unspecified atom stereocenters. The van der Waals surface area contributed by atoms with Crippen LogP contribution in [0.1, 0.15) is 12.5 Å². The fourth-order valence-corrected chi connectivity index (χ4v) is 9.01. The fraction of sp³-hybridized carbons (Fsp3) is 0.500. The SMILES string of the molecule is Nc1ncnc2c1ncn2[C@@H]1O[C@@H]2CO[P@@](=O)(S)[C@H]3[C@@H](F)[C@@H](n4cnc5c(=O)[nH]cnc54)O[C@@H]3CNS(=O)(=O)O[C@H]2[C@H]1F. The highest BCUT2D eigenvalue weighted by atomic mass is 32.7. The van der Waals surface area contributed by atoms with Gasteiger partial charge in [-0.3, -0.25) is 18.5 Å². The third-order valence-corrected chi connectivity index (χ3v) is 11.4. The molecule has 3 aliphatic rings. The molecule has 3 fully saturated rings. The first-order valence-electron chi connectivity index (χ1n) is 12.5. The number of H-pyrrole nitrogens is 1. The number of hydrogen-bond donors (Lipinski definition) is 4. The predicted octanol–water partition coefficient (Wildman–Crippen LogP) is -0.246. The van der Waals surface area contributed by atoms with Crippen molar-refractivity contribution < 1.29 is 39.9 Å². The summed E-state index contributed by atoms with van der Waals surface area (Å²) in [6.07, 6.45) is -7.43. The molecule has 3 saturated heterocycles. The first-order chi connectivity index (χ1) is 20.4. The van der Waals surface area contributed by atoms with E-state index in [1.54, 1.807) is 0 Å². The number of halogens is 2. The Morgan fingerprint density at radius 2 is 1.67 bits per heavy atom. The van der Waals surface area contributed by atoms with E-state index in [4.69, 9.17) is 23.9 Å². The fourth-order valence-electron chi connectivity index (χ4n) is 5.39. The highest BCUT2D eigenvalue weighted by Gasteiger charge is 2.57. The van der Waals surface area contributed by atoms with Crippen molar-refractivity contribution in [3.8, 4) is 0 Å². The van der Waals surface area contributed by atoms with Crippen LogP contribution in [0.2, 0.25) is 0 Å². The normalized spacial score (nSPS) is 36.3. The minimum absolute atomic E-state index is 0.0217. The molecule has 0 amide bonds. The standard InChI is InChI=1S/C20H21F2N10O8PS2/c21-9-13-8(39-19(9)31-5-28-11-15(23)24-3-25-16(11)31)2-37-41(34,42)14-7(1-30-43(35,36)40-13)38-20(10(14)22)32-6-29-12-17(32)26-4-27-18(12)33/h3-10,13-14,19-20,30H,1-2H2,(H,34,42)(H2,23,24,25)(H,26,27,33)/t7-,8-,9-,10-,13-,14-,19-,20+,41-/m1/s1. The number of hydrogen-bond acceptors (Lipinski definition) is 14. The van der Waals surface area contributed by atoms with Crippen LogP contribution >= 0.6 is 18.8 Å². The van der Waals surface area contributed by atoms with Crippen molar-refractivity contribution >= 4 is 57.3 Å². The maximum atomic E-state index is 16.1. The van der Waals surface area contributed by atoms with E-state index in [0.717, 1.165) is 23.5 Å². The van der Waals surface area contributed by atoms with Gasteiger partial charge >= 0.3 is 10.3 Å². The molecule has 43 heavy (non-hydrogen) atoms. The Morgan fingerprint density at radius 3 is 2.44 bits per heavy atom. The zero-order valence-corrected chi connectivity index (χ0v) is 24.0. The Bertz CT molecular complexity index is 1940. The monoisotopic (exact) mass is 662 g/mol. The summed E-state index contributed by atoms with van der Waals surface area (Å²) < 4.78 is 98.3. The van der Waals surface area contributed by atoms with Gasteiger partial charge in [0.05, 0.1) is 31.7 Å². The van der Waals surface area contributed by atoms with Gasteiger partial charge in [0.1, 0.15) is 29.7 Å². The van der Waals surface area contributed by atoms with Crippen LogP contribution in [0.15, 0.2) is 30.1 Å². The lowest BCUT2D eigenvalue weighted by Gasteiger charge is -2.25. The van der Waals surface area contributed by atoms with E-state index in [-0.39, 0.29) is 28.1 Å². The third kappa shape index (κ3) is 4.72. The van der Waals surface area contributed by atoms with Gasteiger partial charge in [-0.2, -0.15) is 13.1 Å². The lowest BCUT2D eigenvalue weighted by Crippen LogP contribution is -2.42. The molecule has 23 heteroatoms. The second-order valence-electron chi connectivity index (χ2n) is 9.87. The number of anilines is 1. The first-order valence-corrected chi connectivity index (χ1v) is 16.8. The van der Waals surface area contributed by atoms with Crippen molar-refractivity contribution in [2.75, 3.05) is 18.9 Å². The molecule has 18 nitrogen and oxygen atoms in total. The van der Waals surface area contributed by atoms with Gasteiger partial charge in [-0.1, -0.05) is 12.2 Å². The molecule has 0 spiro atoms. The van der Waals surface area contributed by atoms with Crippen LogP contribution in [0.25, 0.3) is 22.3 Å². The van der Waals surface area contributed by atoms with Crippen molar-refractivity contribution in [1.29, 1.82) is 0 Å². The molecule has 230 valence electrons. The number of aromatic amines is 1. The number of rotatable bonds is 2. The van der Waals surface area contributed by atoms with Gasteiger partial charge in [0.2, 0.25) is 0 Å². The van der Waals surface area contributed by atoms with Gasteiger partial charge in [0.15, 0.2) is 47.4 Å². The van der Waals surface area contributed by atoms with E-state index < -0.39 is 84.4 Å². The van der Waals surface area contributed by atoms with Crippen molar-refractivity contribution in [3.63, 3.8) is 0 Å². The summed E-state index contributed by atoms with van der Waals surface area (Å²) in [6.45, 7) is -5.66. The van der Waals surface area contributed by atoms with Crippen LogP contribution in [0.5, 0.6) is 0 Å². The summed E-state index contributed by atoms with van der Waals surface area (Å²) >= 11 is 4.16. The summed E-state index contributed by atoms with van der Waals surface area (Å²) in [7, 11) is -4.72. The van der Waals surface area contributed by atoms with E-state index in [9.17, 15) is 17.8 Å². The maximum absolute atomic E-state index is 16.1. The van der Waals surface area contributed by atoms with E-state index in [0.29, 0.717) is 0 Å². The Morgan fingerprint density at radius 1 is 1.00 bits per heavy atom. The van der Waals surface area contributed by atoms with E-state index in [1.807, 2.05) is 0 Å². The van der Waals surface area contributed by atoms with Crippen molar-refractivity contribution in [3.05, 3.63) is 35.7 Å². The average molecular weight is 663 g/mol. The van der Waals surface area contributed by atoms with Gasteiger partial charge in [-0.25, -0.2) is 37.9 Å². The number of nitrogens with zero attached hydrogens (tertiary/aromatic N) is 7. The molecule has 0 bridgehead atoms. The number of fused-ring (bicyclic) bond motifs is 4. The maximum Gasteiger partial charge on any atom is 0.336 e. The molecule has 7 rings (SSSR count). The molecule has 9 atom stereocenters. The molecular formula is C20H21F2N10O8PS2. The van der Waals surface area contributed by atoms with Crippen LogP contribution in [-0.4, -0.2) is 96.9 Å². The number of nitrogen functional groups attached to an aromatic ring is 1. The second-order valence-corrected chi connectivity index (χ2v) is 14.9. The lowest BCUT2D eigenvalue weighted by atomic mass is 10.1. The van der Waals surface area contributed by atoms with Gasteiger partial charge in [0.25, 0.3) is 12.1 Å². The second kappa shape index (κ2) is 10.2. The summed E-state index contributed by atoms with van der Waals surface area (Å²) in [5, 5.41) is 0. The van der Waals surface area contributed by atoms with Crippen LogP contribution in [0.4, 0.5) is 14.6 Å². The van der Waals surface area contributed by atoms with Gasteiger partial charge < -0.3 is 24.7 Å². The van der Waals surface area contributed by atoms with Crippen LogP contribution in [0.3, 0.4) is 0 Å². The summed E-state index contributed by atoms with van der Waals surface area (Å²) in [6, 6.07) is 0. The molecular weight excluding hydrogens is 641 g/mol. The van der Waals surface area contributed by atoms with E-state index in [2.05, 4.69) is 46.9 Å². The number of nitrogens with two attached hydrogens (primary N) is 1. The molecule has 4 aromatic rings. The number of nitrogens with one attached hydrogen (secondary N) is 2. The molecule has 4 aromatic heterocycles. The summed E-state index contributed by atoms with van der Waals surface area (Å²) in [5.74, 6) is 0.0217. The summed E-state index contributed by atoms with van der Waals surface area (Å²) in [4.78, 5) is 34.3. The Kier molecular flexibility index (Phi) is 6.81. The Hall–Kier alpha value is -3.11. The van der Waals surface area contributed by atoms with Crippen LogP contribution in [-0.2, 0) is 33.0 Å². The number of imidazole rings is 2. The van der Waals surface area contributed by atoms with Gasteiger partial charge in [-0.05, 0) is 0 Å². The first kappa shape index (κ1) is 28.6. The molecule has 7 heterocycles. The highest BCUT2D eigenvalue weighted by molar-refractivity contribution is 8.46. The zero-order chi connectivity index (χ0) is 30.3. The number of thiol groups is 1. The molecule has 0 aromatic carbocycles. The topological polar surface area (TPSA) is 233 Å². The third-order valence-electron chi connectivity index (χ3n) is 7.36. The minimum Gasteiger partial charge on any atom is -0.382 e. The van der Waals surface area contributed by atoms with E-state index in [1.165, 1.54) is 10.9 Å². The molecule has 4 N–H and O–H groups in total. The molecule has 0 radical (unpaired) electrons. The van der Waals surface area contributed by atoms with Crippen molar-refractivity contribution in [1.82, 2.24) is 43.8 Å². The lowest BCUT2D eigenvalue weighted by molar-refractivity contribution is -0.0379. The number of alkyl halides is 2. The quantitative estimate of drug-likeness (QED) is 0.160. The van der Waals surface area contributed by atoms with Gasteiger partial charge in [-0.15, -0.1) is 0 Å². The number of aromatic nitrogens is 8. The molecule has 0 saturated carbocycles. The summed E-state index contributed by atoms with van der Waals surface area (Å²) in [5.41, 5.74) is 3.71. The minimum atomic E-state index is -4.72. The van der Waals surface area contributed by atoms with E-state index >= 15 is 8.78 Å². The van der Waals surface area contributed by atoms with Crippen molar-refractivity contribution in [2.24, 2.45) is 0 Å². The molecule has 0 aliphatic carbocycles. The Balaban J connectivity index is 1.20. The van der Waals surface area contributed by atoms with Crippen molar-refractivity contribution in [2.45, 2.75) is 48.8 Å². The highest BCUT2D eigenvalue weighted by Crippen LogP contribution is 2.63. The largest absolute Gasteiger partial charge is 0.382 e. The average Bonchev–Trinajstić information content (AvgIpc) is 3.71. The molecule has 3 aliphatic heterocycles. The predicted molar refractivity (Wildman–Crippen MR) is 144 cm³/mol. The number of ether oxygens (including phenoxy) is 2. The zero-order valence-electron chi connectivity index (χ0n) is 21.4. The van der Waals surface area contributed by atoms with Gasteiger partial charge in [0, 0.05) is 6.54 Å².